The molecule has 1 amide bonds. The van der Waals surface area contributed by atoms with Gasteiger partial charge in [0.05, 0.1) is 19.2 Å². The fourth-order valence-electron chi connectivity index (χ4n) is 1.25. The number of rotatable bonds is 7. The number of nitrogens with zero attached hydrogens (tertiary/aromatic N) is 1. The normalized spacial score (nSPS) is 12.4. The van der Waals surface area contributed by atoms with Gasteiger partial charge in [-0.15, -0.1) is 0 Å². The minimum Gasteiger partial charge on any atom is -0.383 e. The van der Waals surface area contributed by atoms with Gasteiger partial charge in [-0.1, -0.05) is 0 Å². The molecule has 0 spiro atoms. The van der Waals surface area contributed by atoms with Crippen molar-refractivity contribution in [3.63, 3.8) is 0 Å². The lowest BCUT2D eigenvalue weighted by atomic mass is 10.3. The lowest BCUT2D eigenvalue weighted by Gasteiger charge is -2.11. The lowest BCUT2D eigenvalue weighted by Crippen LogP contribution is -2.36. The Morgan fingerprint density at radius 1 is 1.69 bits per heavy atom. The molecule has 1 aromatic heterocycles. The van der Waals surface area contributed by atoms with Gasteiger partial charge < -0.3 is 20.4 Å². The third-order valence-electron chi connectivity index (χ3n) is 2.08. The number of hydrogen-bond acceptors (Lipinski definition) is 4. The Morgan fingerprint density at radius 3 is 3.12 bits per heavy atom. The first-order valence-electron chi connectivity index (χ1n) is 5.22. The predicted molar refractivity (Wildman–Crippen MR) is 59.9 cm³/mol. The van der Waals surface area contributed by atoms with Crippen molar-refractivity contribution in [2.45, 2.75) is 13.0 Å². The van der Waals surface area contributed by atoms with Crippen LogP contribution in [0.1, 0.15) is 18.8 Å². The van der Waals surface area contributed by atoms with Crippen LogP contribution in [-0.2, 0) is 9.53 Å². The first-order chi connectivity index (χ1) is 7.74. The van der Waals surface area contributed by atoms with Crippen LogP contribution in [0.15, 0.2) is 12.4 Å². The number of imidazole rings is 1. The first kappa shape index (κ1) is 12.7. The van der Waals surface area contributed by atoms with Crippen molar-refractivity contribution in [3.05, 3.63) is 18.2 Å². The molecule has 0 aliphatic carbocycles. The molecule has 90 valence electrons. The number of carbonyl (C=O) groups is 1. The zero-order valence-corrected chi connectivity index (χ0v) is 9.62. The number of ether oxygens (including phenoxy) is 1. The second-order valence-corrected chi connectivity index (χ2v) is 3.43. The van der Waals surface area contributed by atoms with Crippen LogP contribution in [0.25, 0.3) is 0 Å². The molecular weight excluding hydrogens is 208 g/mol. The highest BCUT2D eigenvalue weighted by Crippen LogP contribution is 2.03. The van der Waals surface area contributed by atoms with Crippen molar-refractivity contribution in [2.24, 2.45) is 0 Å². The molecule has 0 saturated heterocycles. The van der Waals surface area contributed by atoms with Crippen LogP contribution < -0.4 is 10.6 Å². The molecule has 1 aromatic rings. The summed E-state index contributed by atoms with van der Waals surface area (Å²) in [6, 6.07) is -0.105. The first-order valence-corrected chi connectivity index (χ1v) is 5.22. The van der Waals surface area contributed by atoms with E-state index in [-0.39, 0.29) is 18.5 Å². The van der Waals surface area contributed by atoms with Crippen LogP contribution >= 0.6 is 0 Å². The SMILES string of the molecule is COCCNCC(=O)NC(C)c1ncc[nH]1. The van der Waals surface area contributed by atoms with Gasteiger partial charge in [-0.2, -0.15) is 0 Å². The monoisotopic (exact) mass is 226 g/mol. The summed E-state index contributed by atoms with van der Waals surface area (Å²) in [5, 5.41) is 5.79. The molecular formula is C10H18N4O2. The summed E-state index contributed by atoms with van der Waals surface area (Å²) in [6.07, 6.45) is 3.39. The van der Waals surface area contributed by atoms with Crippen LogP contribution in [-0.4, -0.2) is 42.7 Å². The van der Waals surface area contributed by atoms with Crippen molar-refractivity contribution in [1.82, 2.24) is 20.6 Å². The van der Waals surface area contributed by atoms with Gasteiger partial charge in [0, 0.05) is 26.0 Å². The van der Waals surface area contributed by atoms with Crippen LogP contribution in [0.2, 0.25) is 0 Å². The van der Waals surface area contributed by atoms with Gasteiger partial charge in [0.2, 0.25) is 5.91 Å². The largest absolute Gasteiger partial charge is 0.383 e. The summed E-state index contributed by atoms with van der Waals surface area (Å²) in [5.41, 5.74) is 0. The summed E-state index contributed by atoms with van der Waals surface area (Å²) in [6.45, 7) is 3.43. The van der Waals surface area contributed by atoms with Crippen LogP contribution in [0.5, 0.6) is 0 Å². The van der Waals surface area contributed by atoms with Crippen molar-refractivity contribution in [3.8, 4) is 0 Å². The van der Waals surface area contributed by atoms with E-state index in [0.29, 0.717) is 13.2 Å². The molecule has 1 heterocycles. The van der Waals surface area contributed by atoms with Crippen LogP contribution in [0.4, 0.5) is 0 Å². The fourth-order valence-corrected chi connectivity index (χ4v) is 1.25. The predicted octanol–water partition coefficient (Wildman–Crippen LogP) is -0.177. The Balaban J connectivity index is 2.19. The summed E-state index contributed by atoms with van der Waals surface area (Å²) < 4.78 is 4.85. The summed E-state index contributed by atoms with van der Waals surface area (Å²) in [5.74, 6) is 0.699. The standard InChI is InChI=1S/C10H18N4O2/c1-8(10-12-3-4-13-10)14-9(15)7-11-5-6-16-2/h3-4,8,11H,5-7H2,1-2H3,(H,12,13)(H,14,15). The number of aromatic amines is 1. The maximum Gasteiger partial charge on any atom is 0.234 e. The van der Waals surface area contributed by atoms with E-state index >= 15 is 0 Å². The Morgan fingerprint density at radius 2 is 2.50 bits per heavy atom. The maximum atomic E-state index is 11.5. The third kappa shape index (κ3) is 4.41. The van der Waals surface area contributed by atoms with Crippen molar-refractivity contribution < 1.29 is 9.53 Å². The molecule has 3 N–H and O–H groups in total. The average molecular weight is 226 g/mol. The summed E-state index contributed by atoms with van der Waals surface area (Å²) >= 11 is 0. The van der Waals surface area contributed by atoms with E-state index in [9.17, 15) is 4.79 Å². The Hall–Kier alpha value is -1.40. The topological polar surface area (TPSA) is 79.0 Å². The molecule has 0 aromatic carbocycles. The number of amides is 1. The maximum absolute atomic E-state index is 11.5. The van der Waals surface area contributed by atoms with Crippen molar-refractivity contribution in [2.75, 3.05) is 26.8 Å². The quantitative estimate of drug-likeness (QED) is 0.564. The van der Waals surface area contributed by atoms with E-state index in [2.05, 4.69) is 20.6 Å². The molecule has 1 rings (SSSR count). The second-order valence-electron chi connectivity index (χ2n) is 3.43. The van der Waals surface area contributed by atoms with Crippen molar-refractivity contribution >= 4 is 5.91 Å². The van der Waals surface area contributed by atoms with E-state index in [1.54, 1.807) is 19.5 Å². The summed E-state index contributed by atoms with van der Waals surface area (Å²) in [4.78, 5) is 18.5. The van der Waals surface area contributed by atoms with Gasteiger partial charge in [-0.3, -0.25) is 4.79 Å². The zero-order chi connectivity index (χ0) is 11.8. The van der Waals surface area contributed by atoms with Gasteiger partial charge in [0.15, 0.2) is 0 Å². The smallest absolute Gasteiger partial charge is 0.234 e. The minimum atomic E-state index is -0.105. The second kappa shape index (κ2) is 6.97. The molecule has 6 heteroatoms. The van der Waals surface area contributed by atoms with E-state index in [1.165, 1.54) is 0 Å². The lowest BCUT2D eigenvalue weighted by molar-refractivity contribution is -0.120. The average Bonchev–Trinajstić information content (AvgIpc) is 2.77. The molecule has 0 aliphatic heterocycles. The van der Waals surface area contributed by atoms with Gasteiger partial charge in [0.25, 0.3) is 0 Å². The zero-order valence-electron chi connectivity index (χ0n) is 9.62. The molecule has 16 heavy (non-hydrogen) atoms. The van der Waals surface area contributed by atoms with Gasteiger partial charge in [0.1, 0.15) is 5.82 Å². The third-order valence-corrected chi connectivity index (χ3v) is 2.08. The molecule has 1 atom stereocenters. The number of carbonyl (C=O) groups excluding carboxylic acids is 1. The minimum absolute atomic E-state index is 0.0556. The van der Waals surface area contributed by atoms with E-state index < -0.39 is 0 Å². The van der Waals surface area contributed by atoms with Gasteiger partial charge >= 0.3 is 0 Å². The summed E-state index contributed by atoms with van der Waals surface area (Å²) in [7, 11) is 1.63. The number of nitrogens with one attached hydrogen (secondary N) is 3. The Bertz CT molecular complexity index is 300. The van der Waals surface area contributed by atoms with E-state index in [4.69, 9.17) is 4.74 Å². The highest BCUT2D eigenvalue weighted by molar-refractivity contribution is 5.78. The van der Waals surface area contributed by atoms with Gasteiger partial charge in [-0.05, 0) is 6.92 Å². The van der Waals surface area contributed by atoms with Crippen LogP contribution in [0, 0.1) is 0 Å². The fraction of sp³-hybridized carbons (Fsp3) is 0.600. The Labute approximate surface area is 94.8 Å². The molecule has 1 unspecified atom stereocenters. The van der Waals surface area contributed by atoms with Crippen LogP contribution in [0.3, 0.4) is 0 Å². The van der Waals surface area contributed by atoms with Gasteiger partial charge in [-0.25, -0.2) is 4.98 Å². The number of hydrogen-bond donors (Lipinski definition) is 3. The molecule has 0 bridgehead atoms. The molecule has 0 aliphatic rings. The number of H-pyrrole nitrogens is 1. The van der Waals surface area contributed by atoms with E-state index in [1.807, 2.05) is 6.92 Å². The number of methoxy groups -OCH3 is 1. The van der Waals surface area contributed by atoms with Crippen molar-refractivity contribution in [1.29, 1.82) is 0 Å². The number of aromatic nitrogens is 2. The molecule has 0 saturated carbocycles. The molecule has 0 radical (unpaired) electrons. The highest BCUT2D eigenvalue weighted by Gasteiger charge is 2.10. The molecule has 6 nitrogen and oxygen atoms in total. The highest BCUT2D eigenvalue weighted by atomic mass is 16.5. The molecule has 0 fully saturated rings. The van der Waals surface area contributed by atoms with E-state index in [0.717, 1.165) is 5.82 Å². The Kier molecular flexibility index (Phi) is 5.52.